The Kier molecular flexibility index (Phi) is 71.4. The molecule has 19 heteroatoms. The largest absolute Gasteiger partial charge is 0.472 e. The fraction of sp³-hybridized carbons (Fsp3) is 0.711. The number of aliphatic hydroxyl groups excluding tert-OH is 1. The van der Waals surface area contributed by atoms with Crippen LogP contribution in [0.1, 0.15) is 323 Å². The van der Waals surface area contributed by atoms with Crippen LogP contribution in [0.5, 0.6) is 0 Å². The van der Waals surface area contributed by atoms with Crippen LogP contribution in [-0.2, 0) is 65.4 Å². The summed E-state index contributed by atoms with van der Waals surface area (Å²) in [5.74, 6) is -2.24. The second kappa shape index (κ2) is 74.7. The van der Waals surface area contributed by atoms with Crippen molar-refractivity contribution in [2.75, 3.05) is 39.6 Å². The van der Waals surface area contributed by atoms with Gasteiger partial charge < -0.3 is 33.8 Å². The molecule has 0 spiro atoms. The Morgan fingerprint density at radius 3 is 0.824 bits per heavy atom. The molecule has 102 heavy (non-hydrogen) atoms. The van der Waals surface area contributed by atoms with Gasteiger partial charge in [0.15, 0.2) is 12.2 Å². The van der Waals surface area contributed by atoms with E-state index in [-0.39, 0.29) is 25.7 Å². The van der Waals surface area contributed by atoms with Crippen molar-refractivity contribution in [2.24, 2.45) is 0 Å². The summed E-state index contributed by atoms with van der Waals surface area (Å²) in [6, 6.07) is 0. The zero-order valence-electron chi connectivity index (χ0n) is 64.0. The molecule has 3 N–H and O–H groups in total. The molecule has 0 aliphatic heterocycles. The summed E-state index contributed by atoms with van der Waals surface area (Å²) >= 11 is 0. The first-order valence-electron chi connectivity index (χ1n) is 39.8. The average Bonchev–Trinajstić information content (AvgIpc) is 0.926. The van der Waals surface area contributed by atoms with E-state index in [1.54, 1.807) is 0 Å². The molecule has 0 aromatic heterocycles. The lowest BCUT2D eigenvalue weighted by Gasteiger charge is -2.21. The van der Waals surface area contributed by atoms with Crippen LogP contribution in [0.25, 0.3) is 0 Å². The minimum absolute atomic E-state index is 0.0738. The molecule has 0 aliphatic rings. The molecule has 0 aliphatic carbocycles. The summed E-state index contributed by atoms with van der Waals surface area (Å²) in [7, 11) is -9.97. The second-order valence-corrected chi connectivity index (χ2v) is 29.2. The number of phosphoric ester groups is 2. The zero-order valence-corrected chi connectivity index (χ0v) is 65.8. The van der Waals surface area contributed by atoms with Gasteiger partial charge in [0, 0.05) is 25.7 Å². The van der Waals surface area contributed by atoms with E-state index < -0.39 is 97.5 Å². The number of aliphatic hydroxyl groups is 1. The fourth-order valence-corrected chi connectivity index (χ4v) is 11.9. The second-order valence-electron chi connectivity index (χ2n) is 26.3. The van der Waals surface area contributed by atoms with E-state index in [2.05, 4.69) is 149 Å². The lowest BCUT2D eigenvalue weighted by molar-refractivity contribution is -0.161. The van der Waals surface area contributed by atoms with Gasteiger partial charge >= 0.3 is 39.5 Å². The summed E-state index contributed by atoms with van der Waals surface area (Å²) < 4.78 is 68.5. The van der Waals surface area contributed by atoms with E-state index in [1.807, 2.05) is 0 Å². The van der Waals surface area contributed by atoms with Gasteiger partial charge in [-0.05, 0) is 154 Å². The maximum atomic E-state index is 13.1. The number of hydrogen-bond donors (Lipinski definition) is 3. The first-order chi connectivity index (χ1) is 49.7. The summed E-state index contributed by atoms with van der Waals surface area (Å²) in [6.45, 7) is 4.61. The molecule has 0 amide bonds. The van der Waals surface area contributed by atoms with Crippen molar-refractivity contribution in [3.63, 3.8) is 0 Å². The number of phosphoric acid groups is 2. The minimum Gasteiger partial charge on any atom is -0.462 e. The van der Waals surface area contributed by atoms with Gasteiger partial charge in [-0.2, -0.15) is 0 Å². The van der Waals surface area contributed by atoms with E-state index in [0.717, 1.165) is 193 Å². The van der Waals surface area contributed by atoms with E-state index in [0.29, 0.717) is 25.7 Å². The molecule has 5 atom stereocenters. The van der Waals surface area contributed by atoms with Crippen LogP contribution in [-0.4, -0.2) is 96.7 Å². The highest BCUT2D eigenvalue weighted by Crippen LogP contribution is 2.45. The van der Waals surface area contributed by atoms with Gasteiger partial charge in [-0.3, -0.25) is 37.3 Å². The summed E-state index contributed by atoms with van der Waals surface area (Å²) in [5, 5.41) is 10.6. The number of esters is 4. The maximum absolute atomic E-state index is 13.1. The zero-order chi connectivity index (χ0) is 74.6. The van der Waals surface area contributed by atoms with Crippen molar-refractivity contribution in [2.45, 2.75) is 341 Å². The molecule has 5 unspecified atom stereocenters. The number of unbranched alkanes of at least 4 members (excludes halogenated alkanes) is 28. The van der Waals surface area contributed by atoms with Gasteiger partial charge in [-0.1, -0.05) is 265 Å². The van der Waals surface area contributed by atoms with Crippen molar-refractivity contribution >= 4 is 39.5 Å². The van der Waals surface area contributed by atoms with E-state index in [4.69, 9.17) is 37.0 Å². The third kappa shape index (κ3) is 73.8. The smallest absolute Gasteiger partial charge is 0.462 e. The van der Waals surface area contributed by atoms with E-state index in [9.17, 15) is 43.2 Å². The number of ether oxygens (including phenoxy) is 4. The molecular formula is C83H142O17P2. The standard InChI is InChI=1S/C83H142O17P2/c1-5-9-13-17-21-25-29-32-35-37-38-40-43-45-49-52-56-60-64-68-81(86)94-74-79(100-83(88)70-66-62-58-54-50-46-41-34-31-27-23-19-15-11-7-3)76-98-102(91,92)96-72-77(84)71-95-101(89,90)97-75-78(99-82(87)69-65-61-57-53-47-28-24-20-16-12-8-4)73-93-80(85)67-63-59-55-51-48-44-42-39-36-33-30-26-22-18-14-10-6-2/h10,14,20-27,32-36,38,40-42,44,77-79,84H,5-9,11-13,15-19,28-31,37,39,43,45-76H2,1-4H3,(H,89,90)(H,91,92)/b14-10-,24-20-,25-21-,26-22-,27-23-,35-32-,36-33-,40-38-,41-34-,44-42-. The topological polar surface area (TPSA) is 237 Å². The van der Waals surface area contributed by atoms with Crippen molar-refractivity contribution < 1.29 is 80.2 Å². The molecule has 0 saturated heterocycles. The van der Waals surface area contributed by atoms with Crippen molar-refractivity contribution in [3.8, 4) is 0 Å². The Balaban J connectivity index is 5.36. The van der Waals surface area contributed by atoms with Gasteiger partial charge in [-0.15, -0.1) is 0 Å². The first-order valence-corrected chi connectivity index (χ1v) is 42.8. The highest BCUT2D eigenvalue weighted by molar-refractivity contribution is 7.47. The predicted molar refractivity (Wildman–Crippen MR) is 418 cm³/mol. The summed E-state index contributed by atoms with van der Waals surface area (Å²) in [4.78, 5) is 72.9. The van der Waals surface area contributed by atoms with Crippen LogP contribution in [0.2, 0.25) is 0 Å². The van der Waals surface area contributed by atoms with Crippen LogP contribution >= 0.6 is 15.6 Å². The summed E-state index contributed by atoms with van der Waals surface area (Å²) in [5.41, 5.74) is 0. The monoisotopic (exact) mass is 1470 g/mol. The average molecular weight is 1470 g/mol. The van der Waals surface area contributed by atoms with Crippen LogP contribution in [0.3, 0.4) is 0 Å². The molecule has 0 aromatic carbocycles. The number of carbonyl (C=O) groups excluding carboxylic acids is 4. The molecule has 0 aromatic rings. The van der Waals surface area contributed by atoms with Crippen molar-refractivity contribution in [1.82, 2.24) is 0 Å². The molecule has 0 heterocycles. The number of rotatable bonds is 74. The molecule has 0 fully saturated rings. The molecule has 0 radical (unpaired) electrons. The quantitative estimate of drug-likeness (QED) is 0.0169. The SMILES string of the molecule is CC/C=C\C/C=C\C/C=C\C/C=C\CCCCCCC(=O)OCC(COP(=O)(O)OCC(O)COP(=O)(O)OCC(COC(=O)CCCCCCCC/C=C\C/C=C\C/C=C\CCCCC)OC(=O)CCCCCCC/C=C\C/C=C\CCCCC)OC(=O)CCCCCCC/C=C\CCCC. The molecule has 0 rings (SSSR count). The number of hydrogen-bond acceptors (Lipinski definition) is 15. The van der Waals surface area contributed by atoms with Crippen molar-refractivity contribution in [3.05, 3.63) is 122 Å². The Bertz CT molecular complexity index is 2410. The van der Waals surface area contributed by atoms with Crippen LogP contribution in [0, 0.1) is 0 Å². The van der Waals surface area contributed by atoms with Crippen molar-refractivity contribution in [1.29, 1.82) is 0 Å². The number of allylic oxidation sites excluding steroid dienone is 20. The lowest BCUT2D eigenvalue weighted by Crippen LogP contribution is -2.30. The Morgan fingerprint density at radius 1 is 0.284 bits per heavy atom. The highest BCUT2D eigenvalue weighted by Gasteiger charge is 2.30. The molecular weight excluding hydrogens is 1330 g/mol. The minimum atomic E-state index is -4.99. The van der Waals surface area contributed by atoms with Gasteiger partial charge in [0.2, 0.25) is 0 Å². The third-order valence-electron chi connectivity index (χ3n) is 16.4. The lowest BCUT2D eigenvalue weighted by atomic mass is 10.1. The third-order valence-corrected chi connectivity index (χ3v) is 18.3. The molecule has 0 saturated carbocycles. The van der Waals surface area contributed by atoms with Crippen LogP contribution in [0.15, 0.2) is 122 Å². The fourth-order valence-electron chi connectivity index (χ4n) is 10.3. The molecule has 586 valence electrons. The Hall–Kier alpha value is -4.54. The molecule has 0 bridgehead atoms. The number of carbonyl (C=O) groups is 4. The maximum Gasteiger partial charge on any atom is 0.472 e. The first kappa shape index (κ1) is 97.5. The highest BCUT2D eigenvalue weighted by atomic mass is 31.2. The van der Waals surface area contributed by atoms with Crippen LogP contribution in [0.4, 0.5) is 0 Å². The van der Waals surface area contributed by atoms with Gasteiger partial charge in [0.05, 0.1) is 26.4 Å². The molecule has 17 nitrogen and oxygen atoms in total. The summed E-state index contributed by atoms with van der Waals surface area (Å²) in [6.07, 6.45) is 81.8. The Labute approximate surface area is 619 Å². The normalized spacial score (nSPS) is 14.5. The van der Waals surface area contributed by atoms with Gasteiger partial charge in [-0.25, -0.2) is 9.13 Å². The van der Waals surface area contributed by atoms with E-state index in [1.165, 1.54) is 51.4 Å². The van der Waals surface area contributed by atoms with Gasteiger partial charge in [0.1, 0.15) is 19.3 Å². The Morgan fingerprint density at radius 2 is 0.520 bits per heavy atom. The predicted octanol–water partition coefficient (Wildman–Crippen LogP) is 23.1. The van der Waals surface area contributed by atoms with Gasteiger partial charge in [0.25, 0.3) is 0 Å². The van der Waals surface area contributed by atoms with Crippen LogP contribution < -0.4 is 0 Å². The van der Waals surface area contributed by atoms with E-state index >= 15 is 0 Å².